The maximum absolute atomic E-state index is 11.5. The van der Waals surface area contributed by atoms with E-state index in [0.29, 0.717) is 0 Å². The molecule has 0 saturated carbocycles. The normalized spacial score (nSPS) is 20.9. The number of aryl methyl sites for hydroxylation is 1. The van der Waals surface area contributed by atoms with Gasteiger partial charge in [0.2, 0.25) is 0 Å². The molecule has 2 rings (SSSR count). The van der Waals surface area contributed by atoms with Crippen molar-refractivity contribution in [3.63, 3.8) is 0 Å². The van der Waals surface area contributed by atoms with E-state index in [9.17, 15) is 9.59 Å². The Morgan fingerprint density at radius 3 is 2.93 bits per heavy atom. The molecule has 78 valence electrons. The van der Waals surface area contributed by atoms with Gasteiger partial charge in [-0.1, -0.05) is 6.08 Å². The minimum absolute atomic E-state index is 0.0223. The summed E-state index contributed by atoms with van der Waals surface area (Å²) in [6.07, 6.45) is 6.35. The average Bonchev–Trinajstić information content (AvgIpc) is 2.69. The van der Waals surface area contributed by atoms with Gasteiger partial charge in [-0.25, -0.2) is 0 Å². The Hall–Kier alpha value is -1.64. The molecule has 1 aliphatic carbocycles. The van der Waals surface area contributed by atoms with E-state index < -0.39 is 0 Å². The third-order valence-electron chi connectivity index (χ3n) is 2.56. The summed E-state index contributed by atoms with van der Waals surface area (Å²) in [6, 6.07) is 3.72. The molecule has 0 saturated heterocycles. The van der Waals surface area contributed by atoms with Crippen LogP contribution in [0.4, 0.5) is 0 Å². The van der Waals surface area contributed by atoms with E-state index in [1.165, 1.54) is 6.08 Å². The fourth-order valence-electron chi connectivity index (χ4n) is 1.70. The lowest BCUT2D eigenvalue weighted by atomic mass is 9.89. The summed E-state index contributed by atoms with van der Waals surface area (Å²) in [4.78, 5) is 22.4. The largest absolute Gasteiger partial charge is 0.469 e. The highest BCUT2D eigenvalue weighted by Gasteiger charge is 2.22. The number of Topliss-reactive ketones (excluding diaryl/α,β-unsaturated/α-hetero) is 1. The number of hydrogen-bond donors (Lipinski definition) is 0. The summed E-state index contributed by atoms with van der Waals surface area (Å²) in [5, 5.41) is 0. The predicted octanol–water partition coefficient (Wildman–Crippen LogP) is 1.93. The van der Waals surface area contributed by atoms with Crippen LogP contribution in [0.25, 0.3) is 0 Å². The summed E-state index contributed by atoms with van der Waals surface area (Å²) in [5.74, 6) is 0.698. The van der Waals surface area contributed by atoms with Gasteiger partial charge in [-0.2, -0.15) is 0 Å². The Bertz CT molecular complexity index is 387. The molecule has 0 spiro atoms. The maximum atomic E-state index is 11.5. The van der Waals surface area contributed by atoms with Crippen LogP contribution in [0.3, 0.4) is 0 Å². The molecule has 1 atom stereocenters. The molecule has 0 aromatic carbocycles. The molecule has 0 fully saturated rings. The molecule has 1 aromatic heterocycles. The number of allylic oxidation sites excluding steroid dienone is 2. The minimum Gasteiger partial charge on any atom is -0.469 e. The van der Waals surface area contributed by atoms with E-state index in [1.54, 1.807) is 12.3 Å². The van der Waals surface area contributed by atoms with E-state index in [2.05, 4.69) is 0 Å². The molecule has 1 aromatic rings. The van der Waals surface area contributed by atoms with Crippen LogP contribution in [0.15, 0.2) is 35.0 Å². The number of carbonyl (C=O) groups excluding carboxylic acids is 2. The first-order valence-electron chi connectivity index (χ1n) is 5.02. The van der Waals surface area contributed by atoms with Crippen LogP contribution in [-0.2, 0) is 16.0 Å². The number of ketones is 2. The molecule has 3 nitrogen and oxygen atoms in total. The van der Waals surface area contributed by atoms with Crippen molar-refractivity contribution in [1.29, 1.82) is 0 Å². The highest BCUT2D eigenvalue weighted by atomic mass is 16.3. The lowest BCUT2D eigenvalue weighted by molar-refractivity contribution is -0.127. The highest BCUT2D eigenvalue weighted by Crippen LogP contribution is 2.17. The molecule has 1 unspecified atom stereocenters. The van der Waals surface area contributed by atoms with Gasteiger partial charge in [0.05, 0.1) is 12.7 Å². The van der Waals surface area contributed by atoms with Gasteiger partial charge in [-0.3, -0.25) is 9.59 Å². The van der Waals surface area contributed by atoms with Crippen LogP contribution < -0.4 is 0 Å². The SMILES string of the molecule is O=C1C=CC(CCc2ccco2)C(=O)C1. The monoisotopic (exact) mass is 204 g/mol. The fraction of sp³-hybridized carbons (Fsp3) is 0.333. The summed E-state index contributed by atoms with van der Waals surface area (Å²) >= 11 is 0. The molecule has 0 bridgehead atoms. The molecular weight excluding hydrogens is 192 g/mol. The van der Waals surface area contributed by atoms with E-state index in [4.69, 9.17) is 4.42 Å². The molecule has 0 aliphatic heterocycles. The number of rotatable bonds is 3. The van der Waals surface area contributed by atoms with Crippen molar-refractivity contribution < 1.29 is 14.0 Å². The van der Waals surface area contributed by atoms with Crippen LogP contribution in [0, 0.1) is 5.92 Å². The van der Waals surface area contributed by atoms with Crippen molar-refractivity contribution in [3.05, 3.63) is 36.3 Å². The topological polar surface area (TPSA) is 47.3 Å². The predicted molar refractivity (Wildman–Crippen MR) is 54.3 cm³/mol. The summed E-state index contributed by atoms with van der Waals surface area (Å²) < 4.78 is 5.18. The van der Waals surface area contributed by atoms with E-state index in [1.807, 2.05) is 12.1 Å². The molecular formula is C12H12O3. The van der Waals surface area contributed by atoms with Crippen molar-refractivity contribution in [2.45, 2.75) is 19.3 Å². The quantitative estimate of drug-likeness (QED) is 0.707. The summed E-state index contributed by atoms with van der Waals surface area (Å²) in [5.41, 5.74) is 0. The number of hydrogen-bond acceptors (Lipinski definition) is 3. The molecule has 0 radical (unpaired) electrons. The Morgan fingerprint density at radius 2 is 2.27 bits per heavy atom. The zero-order valence-corrected chi connectivity index (χ0v) is 8.31. The van der Waals surface area contributed by atoms with E-state index >= 15 is 0 Å². The van der Waals surface area contributed by atoms with Gasteiger partial charge >= 0.3 is 0 Å². The van der Waals surface area contributed by atoms with Gasteiger partial charge in [0.25, 0.3) is 0 Å². The lowest BCUT2D eigenvalue weighted by Crippen LogP contribution is -2.20. The van der Waals surface area contributed by atoms with Gasteiger partial charge in [-0.05, 0) is 24.6 Å². The number of furan rings is 1. The Balaban J connectivity index is 1.92. The molecule has 15 heavy (non-hydrogen) atoms. The van der Waals surface area contributed by atoms with Crippen LogP contribution in [-0.4, -0.2) is 11.6 Å². The first-order valence-corrected chi connectivity index (χ1v) is 5.02. The van der Waals surface area contributed by atoms with Crippen molar-refractivity contribution in [2.24, 2.45) is 5.92 Å². The maximum Gasteiger partial charge on any atom is 0.162 e. The second-order valence-electron chi connectivity index (χ2n) is 3.69. The third kappa shape index (κ3) is 2.43. The molecule has 1 heterocycles. The Kier molecular flexibility index (Phi) is 2.81. The fourth-order valence-corrected chi connectivity index (χ4v) is 1.70. The second kappa shape index (κ2) is 4.26. The Labute approximate surface area is 87.8 Å². The van der Waals surface area contributed by atoms with Crippen molar-refractivity contribution in [2.75, 3.05) is 0 Å². The zero-order valence-electron chi connectivity index (χ0n) is 8.31. The van der Waals surface area contributed by atoms with E-state index in [0.717, 1.165) is 18.6 Å². The lowest BCUT2D eigenvalue weighted by Gasteiger charge is -2.13. The summed E-state index contributed by atoms with van der Waals surface area (Å²) in [7, 11) is 0. The Morgan fingerprint density at radius 1 is 1.40 bits per heavy atom. The van der Waals surface area contributed by atoms with Gasteiger partial charge in [0.1, 0.15) is 11.5 Å². The molecule has 0 amide bonds. The van der Waals surface area contributed by atoms with Crippen molar-refractivity contribution in [1.82, 2.24) is 0 Å². The first kappa shape index (κ1) is 9.90. The average molecular weight is 204 g/mol. The molecule has 0 N–H and O–H groups in total. The third-order valence-corrected chi connectivity index (χ3v) is 2.56. The molecule has 3 heteroatoms. The van der Waals surface area contributed by atoms with Gasteiger partial charge in [-0.15, -0.1) is 0 Å². The van der Waals surface area contributed by atoms with Crippen LogP contribution >= 0.6 is 0 Å². The van der Waals surface area contributed by atoms with Crippen LogP contribution in [0.5, 0.6) is 0 Å². The van der Waals surface area contributed by atoms with Crippen LogP contribution in [0.1, 0.15) is 18.6 Å². The smallest absolute Gasteiger partial charge is 0.162 e. The van der Waals surface area contributed by atoms with Crippen molar-refractivity contribution in [3.8, 4) is 0 Å². The summed E-state index contributed by atoms with van der Waals surface area (Å²) in [6.45, 7) is 0. The van der Waals surface area contributed by atoms with Crippen LogP contribution in [0.2, 0.25) is 0 Å². The second-order valence-corrected chi connectivity index (χ2v) is 3.69. The number of carbonyl (C=O) groups is 2. The highest BCUT2D eigenvalue weighted by molar-refractivity contribution is 6.08. The van der Waals surface area contributed by atoms with Gasteiger partial charge < -0.3 is 4.42 Å². The van der Waals surface area contributed by atoms with Gasteiger partial charge in [0, 0.05) is 12.3 Å². The van der Waals surface area contributed by atoms with Gasteiger partial charge in [0.15, 0.2) is 5.78 Å². The van der Waals surface area contributed by atoms with Crippen molar-refractivity contribution >= 4 is 11.6 Å². The minimum atomic E-state index is -0.118. The first-order chi connectivity index (χ1) is 7.25. The zero-order chi connectivity index (χ0) is 10.7. The molecule has 1 aliphatic rings. The van der Waals surface area contributed by atoms with E-state index in [-0.39, 0.29) is 23.9 Å². The standard InChI is InChI=1S/C12H12O3/c13-10-5-3-9(12(14)8-10)4-6-11-2-1-7-15-11/h1-3,5,7,9H,4,6,8H2.